The van der Waals surface area contributed by atoms with Crippen molar-refractivity contribution in [1.29, 1.82) is 0 Å². The highest BCUT2D eigenvalue weighted by molar-refractivity contribution is 7.92. The Hall–Kier alpha value is -3.47. The maximum Gasteiger partial charge on any atom is 0.340 e. The fourth-order valence-corrected chi connectivity index (χ4v) is 3.29. The van der Waals surface area contributed by atoms with E-state index in [9.17, 15) is 17.6 Å². The van der Waals surface area contributed by atoms with E-state index >= 15 is 0 Å². The topological polar surface area (TPSA) is 115 Å². The van der Waals surface area contributed by atoms with Gasteiger partial charge in [-0.2, -0.15) is 4.98 Å². The van der Waals surface area contributed by atoms with Gasteiger partial charge in [0.25, 0.3) is 5.89 Å². The monoisotopic (exact) mass is 434 g/mol. The van der Waals surface area contributed by atoms with E-state index in [0.717, 1.165) is 19.4 Å². The smallest absolute Gasteiger partial charge is 0.340 e. The third-order valence-electron chi connectivity index (χ3n) is 4.08. The lowest BCUT2D eigenvalue weighted by Gasteiger charge is -2.18. The standard InChI is InChI=1S/C19H19FN4O5S/c1-24(2)16-8-6-12(10-15(16)23-30(4,26)27)18-21-17(22-29-18)11-5-7-13(14(20)9-11)19(25)28-3/h5-10,23H,1-4H3. The van der Waals surface area contributed by atoms with E-state index < -0.39 is 21.8 Å². The normalized spacial score (nSPS) is 11.2. The van der Waals surface area contributed by atoms with Crippen LogP contribution >= 0.6 is 0 Å². The molecule has 3 aromatic rings. The molecule has 9 nitrogen and oxygen atoms in total. The van der Waals surface area contributed by atoms with Crippen LogP contribution in [0, 0.1) is 5.82 Å². The number of benzene rings is 2. The molecular weight excluding hydrogens is 415 g/mol. The Bertz CT molecular complexity index is 1210. The van der Waals surface area contributed by atoms with Crippen LogP contribution in [-0.4, -0.2) is 52.0 Å². The molecule has 0 spiro atoms. The molecule has 0 fully saturated rings. The van der Waals surface area contributed by atoms with Gasteiger partial charge in [-0.15, -0.1) is 0 Å². The molecule has 0 unspecified atom stereocenters. The minimum absolute atomic E-state index is 0.106. The Morgan fingerprint density at radius 1 is 1.17 bits per heavy atom. The van der Waals surface area contributed by atoms with E-state index in [0.29, 0.717) is 22.5 Å². The summed E-state index contributed by atoms with van der Waals surface area (Å²) in [6.45, 7) is 0. The van der Waals surface area contributed by atoms with E-state index in [2.05, 4.69) is 19.6 Å². The largest absolute Gasteiger partial charge is 0.465 e. The van der Waals surface area contributed by atoms with Crippen LogP contribution in [0.25, 0.3) is 22.8 Å². The van der Waals surface area contributed by atoms with Gasteiger partial charge >= 0.3 is 5.97 Å². The minimum atomic E-state index is -3.51. The summed E-state index contributed by atoms with van der Waals surface area (Å²) in [7, 11) is 1.21. The molecule has 0 saturated carbocycles. The first-order valence-electron chi connectivity index (χ1n) is 8.60. The zero-order valence-corrected chi connectivity index (χ0v) is 17.4. The molecule has 0 aliphatic carbocycles. The number of hydrogen-bond acceptors (Lipinski definition) is 8. The van der Waals surface area contributed by atoms with E-state index in [1.165, 1.54) is 12.1 Å². The van der Waals surface area contributed by atoms with Crippen molar-refractivity contribution in [3.63, 3.8) is 0 Å². The number of carbonyl (C=O) groups excluding carboxylic acids is 1. The number of halogens is 1. The second-order valence-electron chi connectivity index (χ2n) is 6.61. The van der Waals surface area contributed by atoms with Crippen LogP contribution in [0.4, 0.5) is 15.8 Å². The second kappa shape index (κ2) is 8.11. The van der Waals surface area contributed by atoms with Gasteiger partial charge < -0.3 is 14.2 Å². The van der Waals surface area contributed by atoms with Crippen molar-refractivity contribution in [3.8, 4) is 22.8 Å². The molecule has 0 atom stereocenters. The fraction of sp³-hybridized carbons (Fsp3) is 0.211. The molecule has 30 heavy (non-hydrogen) atoms. The lowest BCUT2D eigenvalue weighted by atomic mass is 10.1. The number of carbonyl (C=O) groups is 1. The van der Waals surface area contributed by atoms with Gasteiger partial charge in [0.1, 0.15) is 5.82 Å². The number of nitrogens with one attached hydrogen (secondary N) is 1. The molecule has 3 rings (SSSR count). The summed E-state index contributed by atoms with van der Waals surface area (Å²) in [5.74, 6) is -1.35. The third kappa shape index (κ3) is 4.57. The highest BCUT2D eigenvalue weighted by Gasteiger charge is 2.18. The SMILES string of the molecule is COC(=O)c1ccc(-c2noc(-c3ccc(N(C)C)c(NS(C)(=O)=O)c3)n2)cc1F. The Balaban J connectivity index is 1.97. The summed E-state index contributed by atoms with van der Waals surface area (Å²) in [5.41, 5.74) is 1.55. The van der Waals surface area contributed by atoms with Gasteiger partial charge in [0.15, 0.2) is 0 Å². The third-order valence-corrected chi connectivity index (χ3v) is 4.67. The van der Waals surface area contributed by atoms with Crippen LogP contribution in [0.15, 0.2) is 40.9 Å². The summed E-state index contributed by atoms with van der Waals surface area (Å²) in [6.07, 6.45) is 1.05. The zero-order valence-electron chi connectivity index (χ0n) is 16.6. The highest BCUT2D eigenvalue weighted by atomic mass is 32.2. The van der Waals surface area contributed by atoms with Crippen molar-refractivity contribution >= 4 is 27.4 Å². The molecule has 0 bridgehead atoms. The first-order chi connectivity index (χ1) is 14.1. The minimum Gasteiger partial charge on any atom is -0.465 e. The summed E-state index contributed by atoms with van der Waals surface area (Å²) < 4.78 is 49.8. The number of sulfonamides is 1. The second-order valence-corrected chi connectivity index (χ2v) is 8.36. The number of nitrogens with zero attached hydrogens (tertiary/aromatic N) is 3. The number of esters is 1. The van der Waals surface area contributed by atoms with Gasteiger partial charge in [0.05, 0.1) is 30.3 Å². The van der Waals surface area contributed by atoms with Crippen molar-refractivity contribution in [3.05, 3.63) is 47.8 Å². The van der Waals surface area contributed by atoms with Crippen LogP contribution in [0.2, 0.25) is 0 Å². The first-order valence-corrected chi connectivity index (χ1v) is 10.5. The molecule has 0 amide bonds. The number of rotatable bonds is 6. The maximum absolute atomic E-state index is 14.2. The molecule has 0 aliphatic rings. The van der Waals surface area contributed by atoms with Crippen LogP contribution in [0.3, 0.4) is 0 Å². The molecule has 0 radical (unpaired) electrons. The van der Waals surface area contributed by atoms with Crippen LogP contribution in [-0.2, 0) is 14.8 Å². The van der Waals surface area contributed by atoms with Crippen molar-refractivity contribution in [1.82, 2.24) is 10.1 Å². The van der Waals surface area contributed by atoms with Crippen molar-refractivity contribution < 1.29 is 26.9 Å². The lowest BCUT2D eigenvalue weighted by Crippen LogP contribution is -2.15. The van der Waals surface area contributed by atoms with Crippen molar-refractivity contribution in [2.24, 2.45) is 0 Å². The number of hydrogen-bond donors (Lipinski definition) is 1. The number of ether oxygens (including phenoxy) is 1. The van der Waals surface area contributed by atoms with Crippen LogP contribution in [0.1, 0.15) is 10.4 Å². The quantitative estimate of drug-likeness (QED) is 0.589. The predicted octanol–water partition coefficient (Wildman–Crippen LogP) is 2.77. The van der Waals surface area contributed by atoms with Crippen LogP contribution < -0.4 is 9.62 Å². The van der Waals surface area contributed by atoms with Crippen molar-refractivity contribution in [2.45, 2.75) is 0 Å². The Kier molecular flexibility index (Phi) is 5.74. The van der Waals surface area contributed by atoms with Crippen LogP contribution in [0.5, 0.6) is 0 Å². The van der Waals surface area contributed by atoms with Gasteiger partial charge in [-0.1, -0.05) is 5.16 Å². The Morgan fingerprint density at radius 2 is 1.87 bits per heavy atom. The van der Waals surface area contributed by atoms with E-state index in [4.69, 9.17) is 4.52 Å². The summed E-state index contributed by atoms with van der Waals surface area (Å²) in [5, 5.41) is 3.84. The van der Waals surface area contributed by atoms with Crippen molar-refractivity contribution in [2.75, 3.05) is 37.1 Å². The average molecular weight is 434 g/mol. The Morgan fingerprint density at radius 3 is 2.47 bits per heavy atom. The maximum atomic E-state index is 14.2. The molecule has 1 aromatic heterocycles. The van der Waals surface area contributed by atoms with Gasteiger partial charge in [0.2, 0.25) is 15.8 Å². The molecule has 158 valence electrons. The van der Waals surface area contributed by atoms with E-state index in [1.54, 1.807) is 37.2 Å². The molecule has 2 aromatic carbocycles. The number of methoxy groups -OCH3 is 1. The molecular formula is C19H19FN4O5S. The Labute approximate surface area is 172 Å². The van der Waals surface area contributed by atoms with Gasteiger partial charge in [-0.25, -0.2) is 17.6 Å². The lowest BCUT2D eigenvalue weighted by molar-refractivity contribution is 0.0595. The number of anilines is 2. The van der Waals surface area contributed by atoms with Gasteiger partial charge in [0, 0.05) is 25.2 Å². The molecule has 0 aliphatic heterocycles. The number of aromatic nitrogens is 2. The average Bonchev–Trinajstić information content (AvgIpc) is 3.16. The summed E-state index contributed by atoms with van der Waals surface area (Å²) >= 11 is 0. The van der Waals surface area contributed by atoms with Gasteiger partial charge in [-0.05, 0) is 36.4 Å². The highest BCUT2D eigenvalue weighted by Crippen LogP contribution is 2.31. The molecule has 11 heteroatoms. The van der Waals surface area contributed by atoms with E-state index in [1.807, 2.05) is 0 Å². The summed E-state index contributed by atoms with van der Waals surface area (Å²) in [6, 6.07) is 8.81. The van der Waals surface area contributed by atoms with Gasteiger partial charge in [-0.3, -0.25) is 4.72 Å². The molecule has 1 heterocycles. The molecule has 1 N–H and O–H groups in total. The predicted molar refractivity (Wildman–Crippen MR) is 109 cm³/mol. The summed E-state index contributed by atoms with van der Waals surface area (Å²) in [4.78, 5) is 17.5. The van der Waals surface area contributed by atoms with E-state index in [-0.39, 0.29) is 17.3 Å². The first kappa shape index (κ1) is 21.2. The zero-order chi connectivity index (χ0) is 22.1. The fourth-order valence-electron chi connectivity index (χ4n) is 2.73. The molecule has 0 saturated heterocycles.